The molecule has 0 aromatic heterocycles. The standard InChI is InChI=1S/C9H17Cl/c1-8(10)9(2)6-4-3-5-7-9/h8H,3-7H2,1-2H3. The maximum absolute atomic E-state index is 6.10. The first-order chi connectivity index (χ1) is 4.65. The van der Waals surface area contributed by atoms with Crippen LogP contribution in [0.1, 0.15) is 46.0 Å². The Labute approximate surface area is 69.0 Å². The number of alkyl halides is 1. The van der Waals surface area contributed by atoms with E-state index in [0.717, 1.165) is 0 Å². The molecule has 0 N–H and O–H groups in total. The molecule has 1 aliphatic rings. The molecular formula is C9H17Cl. The minimum Gasteiger partial charge on any atom is -0.123 e. The van der Waals surface area contributed by atoms with Gasteiger partial charge in [-0.3, -0.25) is 0 Å². The van der Waals surface area contributed by atoms with E-state index in [9.17, 15) is 0 Å². The van der Waals surface area contributed by atoms with Crippen molar-refractivity contribution in [3.8, 4) is 0 Å². The number of halogens is 1. The minimum atomic E-state index is 0.354. The largest absolute Gasteiger partial charge is 0.123 e. The molecule has 0 radical (unpaired) electrons. The highest BCUT2D eigenvalue weighted by atomic mass is 35.5. The van der Waals surface area contributed by atoms with Crippen LogP contribution in [0.25, 0.3) is 0 Å². The van der Waals surface area contributed by atoms with E-state index in [-0.39, 0.29) is 0 Å². The second-order valence-electron chi connectivity index (χ2n) is 3.83. The van der Waals surface area contributed by atoms with E-state index in [1.165, 1.54) is 32.1 Å². The molecule has 0 bridgehead atoms. The van der Waals surface area contributed by atoms with Crippen LogP contribution in [0.4, 0.5) is 0 Å². The molecule has 1 saturated carbocycles. The first-order valence-corrected chi connectivity index (χ1v) is 4.73. The van der Waals surface area contributed by atoms with E-state index >= 15 is 0 Å². The van der Waals surface area contributed by atoms with Gasteiger partial charge in [0.2, 0.25) is 0 Å². The quantitative estimate of drug-likeness (QED) is 0.515. The van der Waals surface area contributed by atoms with E-state index in [2.05, 4.69) is 13.8 Å². The van der Waals surface area contributed by atoms with Crippen LogP contribution in [0, 0.1) is 5.41 Å². The molecule has 0 aromatic rings. The van der Waals surface area contributed by atoms with Crippen molar-refractivity contribution in [1.29, 1.82) is 0 Å². The van der Waals surface area contributed by atoms with Crippen LogP contribution in [-0.4, -0.2) is 5.38 Å². The lowest BCUT2D eigenvalue weighted by atomic mass is 9.74. The lowest BCUT2D eigenvalue weighted by molar-refractivity contribution is 0.213. The van der Waals surface area contributed by atoms with Crippen molar-refractivity contribution in [2.24, 2.45) is 5.41 Å². The Kier molecular flexibility index (Phi) is 2.62. The van der Waals surface area contributed by atoms with Crippen LogP contribution >= 0.6 is 11.6 Å². The van der Waals surface area contributed by atoms with Crippen molar-refractivity contribution >= 4 is 11.6 Å². The van der Waals surface area contributed by atoms with Crippen molar-refractivity contribution in [2.75, 3.05) is 0 Å². The molecular weight excluding hydrogens is 144 g/mol. The Morgan fingerprint density at radius 2 is 1.70 bits per heavy atom. The highest BCUT2D eigenvalue weighted by Crippen LogP contribution is 2.40. The van der Waals surface area contributed by atoms with E-state index in [0.29, 0.717) is 10.8 Å². The molecule has 1 fully saturated rings. The molecule has 1 rings (SSSR count). The SMILES string of the molecule is CC(Cl)C1(C)CCCCC1. The fourth-order valence-electron chi connectivity index (χ4n) is 1.76. The molecule has 0 saturated heterocycles. The first kappa shape index (κ1) is 8.39. The van der Waals surface area contributed by atoms with Gasteiger partial charge in [-0.25, -0.2) is 0 Å². The summed E-state index contributed by atoms with van der Waals surface area (Å²) in [5.74, 6) is 0. The van der Waals surface area contributed by atoms with Gasteiger partial charge in [0, 0.05) is 5.38 Å². The molecule has 0 amide bonds. The lowest BCUT2D eigenvalue weighted by Crippen LogP contribution is -2.28. The molecule has 1 heteroatoms. The van der Waals surface area contributed by atoms with E-state index < -0.39 is 0 Å². The normalized spacial score (nSPS) is 27.9. The van der Waals surface area contributed by atoms with Crippen LogP contribution < -0.4 is 0 Å². The van der Waals surface area contributed by atoms with Crippen LogP contribution in [0.15, 0.2) is 0 Å². The fraction of sp³-hybridized carbons (Fsp3) is 1.00. The van der Waals surface area contributed by atoms with Crippen molar-refractivity contribution in [1.82, 2.24) is 0 Å². The summed E-state index contributed by atoms with van der Waals surface area (Å²) in [6.45, 7) is 4.46. The van der Waals surface area contributed by atoms with Crippen molar-refractivity contribution in [2.45, 2.75) is 51.3 Å². The van der Waals surface area contributed by atoms with Gasteiger partial charge in [0.1, 0.15) is 0 Å². The Balaban J connectivity index is 2.48. The summed E-state index contributed by atoms with van der Waals surface area (Å²) < 4.78 is 0. The summed E-state index contributed by atoms with van der Waals surface area (Å²) in [5.41, 5.74) is 0.444. The van der Waals surface area contributed by atoms with Gasteiger partial charge in [-0.2, -0.15) is 0 Å². The summed E-state index contributed by atoms with van der Waals surface area (Å²) in [6, 6.07) is 0. The Morgan fingerprint density at radius 1 is 1.20 bits per heavy atom. The van der Waals surface area contributed by atoms with Crippen molar-refractivity contribution in [3.05, 3.63) is 0 Å². The number of rotatable bonds is 1. The molecule has 0 spiro atoms. The van der Waals surface area contributed by atoms with E-state index in [1.54, 1.807) is 0 Å². The number of hydrogen-bond acceptors (Lipinski definition) is 0. The second kappa shape index (κ2) is 3.13. The van der Waals surface area contributed by atoms with E-state index in [1.807, 2.05) is 0 Å². The van der Waals surface area contributed by atoms with Crippen LogP contribution in [0.2, 0.25) is 0 Å². The van der Waals surface area contributed by atoms with Gasteiger partial charge in [0.25, 0.3) is 0 Å². The smallest absolute Gasteiger partial charge is 0.0361 e. The monoisotopic (exact) mass is 160 g/mol. The molecule has 0 aromatic carbocycles. The Morgan fingerprint density at radius 3 is 2.00 bits per heavy atom. The first-order valence-electron chi connectivity index (χ1n) is 4.29. The lowest BCUT2D eigenvalue weighted by Gasteiger charge is -2.35. The maximum Gasteiger partial charge on any atom is 0.0361 e. The van der Waals surface area contributed by atoms with E-state index in [4.69, 9.17) is 11.6 Å². The Bertz CT molecular complexity index is 101. The zero-order valence-electron chi connectivity index (χ0n) is 6.99. The maximum atomic E-state index is 6.10. The van der Waals surface area contributed by atoms with Crippen molar-refractivity contribution < 1.29 is 0 Å². The molecule has 1 atom stereocenters. The van der Waals surface area contributed by atoms with Gasteiger partial charge in [0.15, 0.2) is 0 Å². The summed E-state index contributed by atoms with van der Waals surface area (Å²) in [5, 5.41) is 0.354. The summed E-state index contributed by atoms with van der Waals surface area (Å²) in [4.78, 5) is 0. The third kappa shape index (κ3) is 1.66. The molecule has 0 aliphatic heterocycles. The molecule has 1 unspecified atom stereocenters. The predicted octanol–water partition coefficient (Wildman–Crippen LogP) is 3.58. The molecule has 0 heterocycles. The zero-order valence-corrected chi connectivity index (χ0v) is 7.75. The molecule has 0 nitrogen and oxygen atoms in total. The predicted molar refractivity (Wildman–Crippen MR) is 46.5 cm³/mol. The van der Waals surface area contributed by atoms with Gasteiger partial charge in [-0.1, -0.05) is 26.2 Å². The second-order valence-corrected chi connectivity index (χ2v) is 4.49. The third-order valence-electron chi connectivity index (χ3n) is 2.96. The third-order valence-corrected chi connectivity index (χ3v) is 3.48. The average Bonchev–Trinajstić information content (AvgIpc) is 1.89. The summed E-state index contributed by atoms with van der Waals surface area (Å²) in [7, 11) is 0. The zero-order chi connectivity index (χ0) is 7.61. The Hall–Kier alpha value is 0.290. The topological polar surface area (TPSA) is 0 Å². The van der Waals surface area contributed by atoms with Gasteiger partial charge < -0.3 is 0 Å². The van der Waals surface area contributed by atoms with Crippen LogP contribution in [0.5, 0.6) is 0 Å². The van der Waals surface area contributed by atoms with Crippen molar-refractivity contribution in [3.63, 3.8) is 0 Å². The van der Waals surface area contributed by atoms with Crippen LogP contribution in [-0.2, 0) is 0 Å². The average molecular weight is 161 g/mol. The van der Waals surface area contributed by atoms with Gasteiger partial charge >= 0.3 is 0 Å². The molecule has 1 aliphatic carbocycles. The highest BCUT2D eigenvalue weighted by Gasteiger charge is 2.30. The van der Waals surface area contributed by atoms with Gasteiger partial charge in [-0.05, 0) is 25.2 Å². The fourth-order valence-corrected chi connectivity index (χ4v) is 1.98. The molecule has 60 valence electrons. The summed E-state index contributed by atoms with van der Waals surface area (Å²) in [6.07, 6.45) is 6.84. The van der Waals surface area contributed by atoms with Gasteiger partial charge in [0.05, 0.1) is 0 Å². The summed E-state index contributed by atoms with van der Waals surface area (Å²) >= 11 is 6.10. The van der Waals surface area contributed by atoms with Crippen LogP contribution in [0.3, 0.4) is 0 Å². The van der Waals surface area contributed by atoms with Gasteiger partial charge in [-0.15, -0.1) is 11.6 Å². The highest BCUT2D eigenvalue weighted by molar-refractivity contribution is 6.20. The minimum absolute atomic E-state index is 0.354. The molecule has 10 heavy (non-hydrogen) atoms. The number of hydrogen-bond donors (Lipinski definition) is 0.